The number of carbonyl (C=O) groups is 4. The van der Waals surface area contributed by atoms with Gasteiger partial charge >= 0.3 is 12.1 Å². The standard InChI is InChI=1S/C35H28N2O8/c1-43-30(39)28(34(42,23-16-9-4-10-17-23)29(38)22-14-7-3-8-15-22)37-31(40)33-26(25-18-11-19-44-25)27(33)35(33,37)36-24(20-45-32(36)41)21-12-5-2-6-13-21/h2-19,24,26-28,42H,20H2,1H3/t24-,26?,27+,28+,33+,34+,35+/m0/s1. The highest BCUT2D eigenvalue weighted by molar-refractivity contribution is 6.12. The molecule has 2 saturated heterocycles. The molecule has 2 saturated carbocycles. The van der Waals surface area contributed by atoms with Gasteiger partial charge in [-0.15, -0.1) is 0 Å². The molecule has 3 heterocycles. The first-order valence-corrected chi connectivity index (χ1v) is 14.7. The van der Waals surface area contributed by atoms with E-state index >= 15 is 0 Å². The Bertz CT molecular complexity index is 1830. The van der Waals surface area contributed by atoms with Gasteiger partial charge in [-0.3, -0.25) is 19.4 Å². The number of ether oxygens (including phenoxy) is 2. The highest BCUT2D eigenvalue weighted by atomic mass is 16.6. The van der Waals surface area contributed by atoms with Gasteiger partial charge in [0.1, 0.15) is 23.4 Å². The molecule has 1 unspecified atom stereocenters. The van der Waals surface area contributed by atoms with Crippen molar-refractivity contribution in [1.82, 2.24) is 9.80 Å². The van der Waals surface area contributed by atoms with Gasteiger partial charge in [-0.2, -0.15) is 0 Å². The van der Waals surface area contributed by atoms with Crippen molar-refractivity contribution in [3.05, 3.63) is 132 Å². The van der Waals surface area contributed by atoms with Gasteiger partial charge in [0.15, 0.2) is 11.6 Å². The van der Waals surface area contributed by atoms with Crippen molar-refractivity contribution < 1.29 is 38.2 Å². The Morgan fingerprint density at radius 3 is 2.18 bits per heavy atom. The molecule has 7 atom stereocenters. The number of piperidine rings is 1. The molecule has 1 spiro atoms. The summed E-state index contributed by atoms with van der Waals surface area (Å²) in [4.78, 5) is 59.3. The predicted molar refractivity (Wildman–Crippen MR) is 156 cm³/mol. The molecule has 1 N–H and O–H groups in total. The summed E-state index contributed by atoms with van der Waals surface area (Å²) in [6, 6.07) is 26.5. The van der Waals surface area contributed by atoms with Crippen LogP contribution in [0.4, 0.5) is 4.79 Å². The van der Waals surface area contributed by atoms with E-state index in [-0.39, 0.29) is 23.7 Å². The van der Waals surface area contributed by atoms with Gasteiger partial charge in [-0.1, -0.05) is 91.0 Å². The number of β-lactam (4-membered cyclic amide) rings is 1. The smallest absolute Gasteiger partial charge is 0.412 e. The number of amides is 2. The van der Waals surface area contributed by atoms with E-state index in [1.54, 1.807) is 48.5 Å². The maximum absolute atomic E-state index is 14.6. The van der Waals surface area contributed by atoms with E-state index in [0.29, 0.717) is 5.76 Å². The Hall–Kier alpha value is -5.22. The summed E-state index contributed by atoms with van der Waals surface area (Å²) in [5.74, 6) is -2.52. The highest BCUT2D eigenvalue weighted by Gasteiger charge is 3.12. The first-order chi connectivity index (χ1) is 21.9. The number of carbonyl (C=O) groups excluding carboxylic acids is 4. The molecule has 8 rings (SSSR count). The maximum atomic E-state index is 14.6. The van der Waals surface area contributed by atoms with Crippen LogP contribution in [0.1, 0.15) is 39.2 Å². The minimum Gasteiger partial charge on any atom is -0.469 e. The van der Waals surface area contributed by atoms with Gasteiger partial charge in [0, 0.05) is 17.4 Å². The minimum atomic E-state index is -2.58. The van der Waals surface area contributed by atoms with Gasteiger partial charge in [-0.05, 0) is 23.3 Å². The summed E-state index contributed by atoms with van der Waals surface area (Å²) >= 11 is 0. The number of Topliss-reactive ketones (excluding diaryl/α,β-unsaturated/α-hetero) is 1. The second kappa shape index (κ2) is 9.39. The van der Waals surface area contributed by atoms with Crippen LogP contribution in [0.15, 0.2) is 114 Å². The normalized spacial score (nSPS) is 29.4. The molecule has 4 aromatic rings. The number of cyclic esters (lactones) is 1. The number of rotatable bonds is 9. The predicted octanol–water partition coefficient (Wildman–Crippen LogP) is 4.04. The first kappa shape index (κ1) is 27.3. The molecule has 4 fully saturated rings. The molecule has 1 aromatic heterocycles. The molecule has 10 heteroatoms. The highest BCUT2D eigenvalue weighted by Crippen LogP contribution is 2.98. The third-order valence-electron chi connectivity index (χ3n) is 10.1. The Balaban J connectivity index is 1.32. The number of aliphatic hydroxyl groups is 1. The van der Waals surface area contributed by atoms with Crippen LogP contribution in [0.2, 0.25) is 0 Å². The molecule has 4 aliphatic rings. The molecule has 2 aliphatic heterocycles. The first-order valence-electron chi connectivity index (χ1n) is 14.7. The number of esters is 1. The van der Waals surface area contributed by atoms with Crippen LogP contribution in [0.5, 0.6) is 0 Å². The molecule has 2 amide bonds. The van der Waals surface area contributed by atoms with Crippen LogP contribution < -0.4 is 0 Å². The molecule has 3 aromatic carbocycles. The fraction of sp³-hybridized carbons (Fsp3) is 0.257. The van der Waals surface area contributed by atoms with E-state index in [0.717, 1.165) is 12.7 Å². The summed E-state index contributed by atoms with van der Waals surface area (Å²) in [6.07, 6.45) is 0.861. The summed E-state index contributed by atoms with van der Waals surface area (Å²) < 4.78 is 16.5. The van der Waals surface area contributed by atoms with E-state index < -0.39 is 58.4 Å². The van der Waals surface area contributed by atoms with Crippen molar-refractivity contribution >= 4 is 23.8 Å². The van der Waals surface area contributed by atoms with E-state index in [2.05, 4.69) is 0 Å². The zero-order chi connectivity index (χ0) is 31.1. The van der Waals surface area contributed by atoms with E-state index in [1.165, 1.54) is 40.3 Å². The zero-order valence-corrected chi connectivity index (χ0v) is 24.1. The second-order valence-corrected chi connectivity index (χ2v) is 11.9. The number of hydrogen-bond acceptors (Lipinski definition) is 8. The summed E-state index contributed by atoms with van der Waals surface area (Å²) in [5.41, 5.74) is -4.07. The van der Waals surface area contributed by atoms with Crippen molar-refractivity contribution in [2.24, 2.45) is 11.3 Å². The lowest BCUT2D eigenvalue weighted by Crippen LogP contribution is -2.78. The van der Waals surface area contributed by atoms with Crippen LogP contribution >= 0.6 is 0 Å². The Morgan fingerprint density at radius 1 is 0.933 bits per heavy atom. The number of fused-ring (bicyclic) bond motifs is 1. The van der Waals surface area contributed by atoms with Crippen LogP contribution in [0, 0.1) is 11.3 Å². The number of methoxy groups -OCH3 is 1. The lowest BCUT2D eigenvalue weighted by atomic mass is 9.73. The quantitative estimate of drug-likeness (QED) is 0.172. The average molecular weight is 605 g/mol. The van der Waals surface area contributed by atoms with Gasteiger partial charge in [0.05, 0.1) is 19.4 Å². The molecule has 226 valence electrons. The number of hydrogen-bond donors (Lipinski definition) is 1. The van der Waals surface area contributed by atoms with Crippen molar-refractivity contribution in [3.63, 3.8) is 0 Å². The number of furan rings is 1. The molecular weight excluding hydrogens is 576 g/mol. The average Bonchev–Trinajstić information content (AvgIpc) is 3.68. The number of likely N-dealkylation sites (tertiary alicyclic amines) is 1. The lowest BCUT2D eigenvalue weighted by molar-refractivity contribution is -0.202. The van der Waals surface area contributed by atoms with Gasteiger partial charge in [0.25, 0.3) is 0 Å². The molecule has 10 nitrogen and oxygen atoms in total. The van der Waals surface area contributed by atoms with Crippen LogP contribution in [0.3, 0.4) is 0 Å². The molecular formula is C35H28N2O8. The van der Waals surface area contributed by atoms with Crippen LogP contribution in [-0.2, 0) is 24.7 Å². The van der Waals surface area contributed by atoms with E-state index in [1.807, 2.05) is 30.3 Å². The molecule has 45 heavy (non-hydrogen) atoms. The molecule has 0 radical (unpaired) electrons. The Morgan fingerprint density at radius 2 is 1.58 bits per heavy atom. The third kappa shape index (κ3) is 3.21. The van der Waals surface area contributed by atoms with Gasteiger partial charge < -0.3 is 19.0 Å². The van der Waals surface area contributed by atoms with Gasteiger partial charge in [-0.25, -0.2) is 9.59 Å². The summed E-state index contributed by atoms with van der Waals surface area (Å²) in [7, 11) is 1.14. The Kier molecular flexibility index (Phi) is 5.70. The number of benzene rings is 3. The fourth-order valence-corrected chi connectivity index (χ4v) is 8.16. The largest absolute Gasteiger partial charge is 0.469 e. The summed E-state index contributed by atoms with van der Waals surface area (Å²) in [6.45, 7) is 0.0234. The second-order valence-electron chi connectivity index (χ2n) is 11.9. The number of nitrogens with zero attached hydrogens (tertiary/aromatic N) is 2. The topological polar surface area (TPSA) is 127 Å². The van der Waals surface area contributed by atoms with Crippen molar-refractivity contribution in [1.29, 1.82) is 0 Å². The molecule has 2 aliphatic carbocycles. The van der Waals surface area contributed by atoms with E-state index in [9.17, 15) is 24.3 Å². The van der Waals surface area contributed by atoms with Crippen LogP contribution in [-0.4, -0.2) is 64.1 Å². The van der Waals surface area contributed by atoms with Crippen LogP contribution in [0.25, 0.3) is 0 Å². The Labute approximate surface area is 257 Å². The maximum Gasteiger partial charge on any atom is 0.412 e. The third-order valence-corrected chi connectivity index (χ3v) is 10.1. The fourth-order valence-electron chi connectivity index (χ4n) is 8.16. The lowest BCUT2D eigenvalue weighted by Gasteiger charge is -2.58. The van der Waals surface area contributed by atoms with Crippen molar-refractivity contribution in [2.45, 2.75) is 29.3 Å². The van der Waals surface area contributed by atoms with Crippen molar-refractivity contribution in [2.75, 3.05) is 13.7 Å². The van der Waals surface area contributed by atoms with Gasteiger partial charge in [0.2, 0.25) is 11.7 Å². The van der Waals surface area contributed by atoms with Crippen molar-refractivity contribution in [3.8, 4) is 0 Å². The summed E-state index contributed by atoms with van der Waals surface area (Å²) in [5, 5.41) is 12.7. The zero-order valence-electron chi connectivity index (χ0n) is 24.1. The minimum absolute atomic E-state index is 0.0234. The molecule has 0 bridgehead atoms. The SMILES string of the molecule is COC(=O)[C@@H](N1C(=O)[C@@]23C(c4ccco4)[C@H]2[C@@]13N1C(=O)OC[C@H]1c1ccccc1)[C@@](O)(C(=O)c1ccccc1)c1ccccc1. The monoisotopic (exact) mass is 604 g/mol. The van der Waals surface area contributed by atoms with E-state index in [4.69, 9.17) is 13.9 Å². The number of ketones is 1.